The van der Waals surface area contributed by atoms with Crippen LogP contribution >= 0.6 is 0 Å². The van der Waals surface area contributed by atoms with E-state index in [9.17, 15) is 14.7 Å². The Labute approximate surface area is 283 Å². The molecule has 5 aliphatic carbocycles. The Morgan fingerprint density at radius 2 is 1.77 bits per heavy atom. The number of hydrogen-bond donors (Lipinski definition) is 2. The molecule has 5 aliphatic rings. The minimum Gasteiger partial charge on any atom is -0.504 e. The van der Waals surface area contributed by atoms with Crippen LogP contribution in [0.3, 0.4) is 0 Å². The first-order valence-electron chi connectivity index (χ1n) is 17.4. The number of amides is 1. The summed E-state index contributed by atoms with van der Waals surface area (Å²) in [5, 5.41) is 31.3. The van der Waals surface area contributed by atoms with E-state index in [0.717, 1.165) is 67.3 Å². The number of carbonyl (C=O) groups excluding carboxylic acids is 2. The highest BCUT2D eigenvalue weighted by molar-refractivity contribution is 6.06. The average Bonchev–Trinajstić information content (AvgIpc) is 3.52. The number of nitrogens with zero attached hydrogens (tertiary/aromatic N) is 4. The van der Waals surface area contributed by atoms with E-state index in [1.54, 1.807) is 22.9 Å². The van der Waals surface area contributed by atoms with Crippen LogP contribution in [0.25, 0.3) is 0 Å². The normalized spacial score (nSPS) is 35.6. The molecule has 2 N–H and O–H groups in total. The van der Waals surface area contributed by atoms with E-state index in [2.05, 4.69) is 68.5 Å². The number of aliphatic hydroxyl groups excluding tert-OH is 1. The molecule has 8 nitrogen and oxygen atoms in total. The van der Waals surface area contributed by atoms with Crippen molar-refractivity contribution in [3.05, 3.63) is 93.6 Å². The Balaban J connectivity index is 1.10. The highest BCUT2D eigenvalue weighted by Gasteiger charge is 2.67. The first-order chi connectivity index (χ1) is 22.7. The van der Waals surface area contributed by atoms with Crippen molar-refractivity contribution in [3.8, 4) is 6.07 Å². The molecule has 1 aromatic carbocycles. The SMILES string of the molecule is CC1=C(O)C(=O)C=C2C1=CC=C1[C@@]2(C)CC[C@@]2(C)[C@@H]3C[C@](C)(C(=O)NCc4cn(Cc5ccc(C#N)cc5)nn4)CC[C@]3(C)CC[C@]12C. The minimum absolute atomic E-state index is 0.0148. The quantitative estimate of drug-likeness (QED) is 0.349. The van der Waals surface area contributed by atoms with Gasteiger partial charge in [0.2, 0.25) is 11.7 Å². The van der Waals surface area contributed by atoms with E-state index >= 15 is 0 Å². The predicted molar refractivity (Wildman–Crippen MR) is 183 cm³/mol. The van der Waals surface area contributed by atoms with Gasteiger partial charge in [0.05, 0.1) is 30.9 Å². The zero-order valence-electron chi connectivity index (χ0n) is 29.1. The molecule has 7 rings (SSSR count). The Morgan fingerprint density at radius 3 is 2.50 bits per heavy atom. The van der Waals surface area contributed by atoms with Crippen LogP contribution < -0.4 is 5.32 Å². The Kier molecular flexibility index (Phi) is 7.32. The molecule has 48 heavy (non-hydrogen) atoms. The van der Waals surface area contributed by atoms with Crippen molar-refractivity contribution >= 4 is 11.7 Å². The molecule has 1 heterocycles. The van der Waals surface area contributed by atoms with Crippen LogP contribution in [0.4, 0.5) is 0 Å². The lowest BCUT2D eigenvalue weighted by atomic mass is 9.34. The third kappa shape index (κ3) is 4.68. The molecular formula is C40H47N5O3. The fourth-order valence-corrected chi connectivity index (χ4v) is 10.4. The Hall–Kier alpha value is -4.25. The fourth-order valence-electron chi connectivity index (χ4n) is 10.4. The van der Waals surface area contributed by atoms with Crippen LogP contribution in [0.5, 0.6) is 0 Å². The molecule has 1 aromatic heterocycles. The summed E-state index contributed by atoms with van der Waals surface area (Å²) in [6.07, 6.45) is 14.9. The van der Waals surface area contributed by atoms with Crippen LogP contribution in [0.1, 0.15) is 103 Å². The summed E-state index contributed by atoms with van der Waals surface area (Å²) in [6.45, 7) is 14.6. The molecule has 3 fully saturated rings. The van der Waals surface area contributed by atoms with Gasteiger partial charge in [-0.25, -0.2) is 4.68 Å². The monoisotopic (exact) mass is 645 g/mol. The van der Waals surface area contributed by atoms with Gasteiger partial charge in [0, 0.05) is 16.4 Å². The van der Waals surface area contributed by atoms with Gasteiger partial charge in [-0.1, -0.05) is 69.7 Å². The van der Waals surface area contributed by atoms with Crippen LogP contribution in [0.2, 0.25) is 0 Å². The summed E-state index contributed by atoms with van der Waals surface area (Å²) in [5.41, 5.74) is 5.79. The van der Waals surface area contributed by atoms with E-state index in [4.69, 9.17) is 5.26 Å². The number of hydrogen-bond acceptors (Lipinski definition) is 6. The number of benzene rings is 1. The molecule has 0 radical (unpaired) electrons. The minimum atomic E-state index is -0.490. The highest BCUT2D eigenvalue weighted by Crippen LogP contribution is 2.75. The Bertz CT molecular complexity index is 1890. The number of nitriles is 1. The summed E-state index contributed by atoms with van der Waals surface area (Å²) in [5.74, 6) is 0.0168. The molecule has 0 saturated heterocycles. The van der Waals surface area contributed by atoms with Crippen molar-refractivity contribution in [1.29, 1.82) is 5.26 Å². The number of aromatic nitrogens is 3. The Morgan fingerprint density at radius 1 is 1.04 bits per heavy atom. The number of rotatable bonds is 5. The third-order valence-electron chi connectivity index (χ3n) is 13.9. The largest absolute Gasteiger partial charge is 0.504 e. The van der Waals surface area contributed by atoms with Crippen molar-refractivity contribution in [2.45, 2.75) is 99.6 Å². The summed E-state index contributed by atoms with van der Waals surface area (Å²) >= 11 is 0. The van der Waals surface area contributed by atoms with Crippen LogP contribution in [-0.4, -0.2) is 31.8 Å². The van der Waals surface area contributed by atoms with Gasteiger partial charge in [-0.2, -0.15) is 5.26 Å². The molecule has 2 aromatic rings. The number of aliphatic hydroxyl groups is 1. The maximum Gasteiger partial charge on any atom is 0.226 e. The van der Waals surface area contributed by atoms with Gasteiger partial charge in [0.25, 0.3) is 0 Å². The second kappa shape index (κ2) is 10.9. The fraction of sp³-hybridized carbons (Fsp3) is 0.525. The van der Waals surface area contributed by atoms with Gasteiger partial charge in [0.1, 0.15) is 5.69 Å². The lowest BCUT2D eigenvalue weighted by Gasteiger charge is -2.70. The molecule has 6 atom stereocenters. The lowest BCUT2D eigenvalue weighted by Crippen LogP contribution is -2.62. The average molecular weight is 646 g/mol. The van der Waals surface area contributed by atoms with Crippen LogP contribution in [-0.2, 0) is 22.7 Å². The van der Waals surface area contributed by atoms with Gasteiger partial charge in [0.15, 0.2) is 5.76 Å². The molecule has 0 spiro atoms. The number of allylic oxidation sites excluding steroid dienone is 7. The van der Waals surface area contributed by atoms with Gasteiger partial charge in [-0.05, 0) is 109 Å². The molecule has 0 aliphatic heterocycles. The molecule has 0 bridgehead atoms. The van der Waals surface area contributed by atoms with E-state index in [1.807, 2.05) is 25.3 Å². The predicted octanol–water partition coefficient (Wildman–Crippen LogP) is 7.44. The van der Waals surface area contributed by atoms with Gasteiger partial charge in [-0.3, -0.25) is 9.59 Å². The summed E-state index contributed by atoms with van der Waals surface area (Å²) in [6, 6.07) is 9.57. The smallest absolute Gasteiger partial charge is 0.226 e. The van der Waals surface area contributed by atoms with Crippen LogP contribution in [0, 0.1) is 44.3 Å². The first kappa shape index (κ1) is 32.3. The van der Waals surface area contributed by atoms with Crippen molar-refractivity contribution in [2.75, 3.05) is 0 Å². The number of ketones is 1. The number of nitrogens with one attached hydrogen (secondary N) is 1. The zero-order valence-corrected chi connectivity index (χ0v) is 29.1. The molecule has 250 valence electrons. The maximum absolute atomic E-state index is 14.0. The summed E-state index contributed by atoms with van der Waals surface area (Å²) in [4.78, 5) is 26.8. The molecule has 3 saturated carbocycles. The standard InChI is InChI=1S/C40H47N5O3/c1-25-29-11-12-32-38(4,30(29)19-31(46)34(25)47)16-18-40(6)33-20-37(3,14-13-36(33,2)15-17-39(32,40)5)35(48)42-22-28-24-45(44-43-28)23-27-9-7-26(21-41)8-10-27/h7-12,19,24,33,47H,13-18,20,22-23H2,1-6H3,(H,42,48)/t33-,36-,37-,38+,39-,40+/m1/s1. The van der Waals surface area contributed by atoms with E-state index in [-0.39, 0.29) is 39.1 Å². The summed E-state index contributed by atoms with van der Waals surface area (Å²) < 4.78 is 1.76. The van der Waals surface area contributed by atoms with Gasteiger partial charge >= 0.3 is 0 Å². The maximum atomic E-state index is 14.0. The van der Waals surface area contributed by atoms with Crippen molar-refractivity contribution in [1.82, 2.24) is 20.3 Å². The van der Waals surface area contributed by atoms with Gasteiger partial charge < -0.3 is 10.4 Å². The topological polar surface area (TPSA) is 121 Å². The molecule has 1 amide bonds. The van der Waals surface area contributed by atoms with Crippen LogP contribution in [0.15, 0.2) is 76.7 Å². The zero-order chi connectivity index (χ0) is 34.3. The molecule has 0 unspecified atom stereocenters. The van der Waals surface area contributed by atoms with E-state index in [0.29, 0.717) is 30.1 Å². The van der Waals surface area contributed by atoms with Gasteiger partial charge in [-0.15, -0.1) is 5.10 Å². The second-order valence-corrected chi connectivity index (χ2v) is 16.5. The third-order valence-corrected chi connectivity index (χ3v) is 13.9. The van der Waals surface area contributed by atoms with E-state index < -0.39 is 5.41 Å². The molecular weight excluding hydrogens is 598 g/mol. The van der Waals surface area contributed by atoms with E-state index in [1.165, 1.54) is 5.57 Å². The summed E-state index contributed by atoms with van der Waals surface area (Å²) in [7, 11) is 0. The number of carbonyl (C=O) groups is 2. The second-order valence-electron chi connectivity index (χ2n) is 16.5. The number of fused-ring (bicyclic) bond motifs is 7. The highest BCUT2D eigenvalue weighted by atomic mass is 16.3. The van der Waals surface area contributed by atoms with Crippen molar-refractivity contribution in [2.24, 2.45) is 33.0 Å². The lowest BCUT2D eigenvalue weighted by molar-refractivity contribution is -0.169. The molecule has 8 heteroatoms. The van der Waals surface area contributed by atoms with Crippen molar-refractivity contribution in [3.63, 3.8) is 0 Å². The first-order valence-corrected chi connectivity index (χ1v) is 17.4. The van der Waals surface area contributed by atoms with Crippen molar-refractivity contribution < 1.29 is 14.7 Å².